The van der Waals surface area contributed by atoms with E-state index in [-0.39, 0.29) is 21.4 Å². The first-order chi connectivity index (χ1) is 17.7. The van der Waals surface area contributed by atoms with Gasteiger partial charge in [-0.3, -0.25) is 9.59 Å². The minimum atomic E-state index is -4.63. The van der Waals surface area contributed by atoms with Crippen LogP contribution in [-0.4, -0.2) is 28.1 Å². The maximum atomic E-state index is 13.2. The monoisotopic (exact) mass is 624 g/mol. The molecular formula is C24H15Cl4F3N2O4S. The minimum Gasteiger partial charge on any atom is -0.478 e. The fourth-order valence-corrected chi connectivity index (χ4v) is 5.07. The van der Waals surface area contributed by atoms with Crippen molar-refractivity contribution in [2.24, 2.45) is 0 Å². The molecule has 14 heteroatoms. The summed E-state index contributed by atoms with van der Waals surface area (Å²) in [6, 6.07) is 10.7. The molecule has 0 aliphatic carbocycles. The molecule has 3 aromatic carbocycles. The van der Waals surface area contributed by atoms with Gasteiger partial charge < -0.3 is 15.7 Å². The van der Waals surface area contributed by atoms with Crippen LogP contribution < -0.4 is 10.6 Å². The fourth-order valence-electron chi connectivity index (χ4n) is 3.19. The lowest BCUT2D eigenvalue weighted by Gasteiger charge is -2.16. The van der Waals surface area contributed by atoms with Crippen molar-refractivity contribution in [1.82, 2.24) is 0 Å². The van der Waals surface area contributed by atoms with E-state index in [1.807, 2.05) is 0 Å². The molecule has 0 aliphatic heterocycles. The van der Waals surface area contributed by atoms with Crippen molar-refractivity contribution in [1.29, 1.82) is 0 Å². The number of hydrogen-bond donors (Lipinski definition) is 3. The van der Waals surface area contributed by atoms with Crippen LogP contribution in [0.5, 0.6) is 0 Å². The van der Waals surface area contributed by atoms with Crippen LogP contribution in [0, 0.1) is 0 Å². The molecule has 0 aromatic heterocycles. The Morgan fingerprint density at radius 2 is 1.39 bits per heavy atom. The van der Waals surface area contributed by atoms with Crippen LogP contribution in [0.15, 0.2) is 53.4 Å². The Morgan fingerprint density at radius 3 is 1.95 bits per heavy atom. The van der Waals surface area contributed by atoms with Gasteiger partial charge >= 0.3 is 12.1 Å². The molecule has 3 N–H and O–H groups in total. The van der Waals surface area contributed by atoms with Crippen molar-refractivity contribution in [3.63, 3.8) is 0 Å². The number of carboxylic acids is 1. The van der Waals surface area contributed by atoms with Crippen LogP contribution in [0.3, 0.4) is 0 Å². The van der Waals surface area contributed by atoms with Gasteiger partial charge in [0, 0.05) is 10.6 Å². The number of amides is 2. The molecule has 0 heterocycles. The number of thioether (sulfide) groups is 1. The zero-order chi connectivity index (χ0) is 28.4. The van der Waals surface area contributed by atoms with E-state index in [2.05, 4.69) is 10.6 Å². The van der Waals surface area contributed by atoms with Crippen LogP contribution in [0.25, 0.3) is 0 Å². The molecule has 3 aromatic rings. The molecule has 6 nitrogen and oxygen atoms in total. The second-order valence-electron chi connectivity index (χ2n) is 7.58. The Morgan fingerprint density at radius 1 is 0.842 bits per heavy atom. The van der Waals surface area contributed by atoms with Crippen molar-refractivity contribution in [2.75, 3.05) is 10.6 Å². The topological polar surface area (TPSA) is 95.5 Å². The zero-order valence-electron chi connectivity index (χ0n) is 18.9. The van der Waals surface area contributed by atoms with Gasteiger partial charge in [-0.25, -0.2) is 4.79 Å². The van der Waals surface area contributed by atoms with Crippen molar-refractivity contribution in [2.45, 2.75) is 23.2 Å². The van der Waals surface area contributed by atoms with E-state index in [4.69, 9.17) is 46.4 Å². The van der Waals surface area contributed by atoms with Gasteiger partial charge in [0.15, 0.2) is 0 Å². The molecule has 0 saturated carbocycles. The third-order valence-electron chi connectivity index (χ3n) is 4.99. The Balaban J connectivity index is 1.72. The number of rotatable bonds is 7. The third kappa shape index (κ3) is 6.68. The largest absolute Gasteiger partial charge is 0.478 e. The van der Waals surface area contributed by atoms with E-state index in [0.29, 0.717) is 4.90 Å². The highest BCUT2D eigenvalue weighted by Crippen LogP contribution is 2.42. The number of carbonyl (C=O) groups excluding carboxylic acids is 2. The van der Waals surface area contributed by atoms with Gasteiger partial charge in [-0.15, -0.1) is 11.8 Å². The van der Waals surface area contributed by atoms with E-state index in [9.17, 15) is 32.7 Å². The molecule has 0 radical (unpaired) electrons. The second kappa shape index (κ2) is 12.0. The minimum absolute atomic E-state index is 0.241. The Bertz CT molecular complexity index is 1420. The van der Waals surface area contributed by atoms with E-state index in [1.165, 1.54) is 37.3 Å². The summed E-state index contributed by atoms with van der Waals surface area (Å²) in [4.78, 5) is 37.6. The number of para-hydroxylation sites is 1. The lowest BCUT2D eigenvalue weighted by molar-refractivity contribution is -0.137. The zero-order valence-corrected chi connectivity index (χ0v) is 22.8. The molecule has 0 fully saturated rings. The van der Waals surface area contributed by atoms with Gasteiger partial charge in [-0.1, -0.05) is 58.5 Å². The first-order valence-electron chi connectivity index (χ1n) is 10.4. The number of alkyl halides is 3. The summed E-state index contributed by atoms with van der Waals surface area (Å²) in [7, 11) is 0. The summed E-state index contributed by atoms with van der Waals surface area (Å²) in [6.45, 7) is 1.52. The predicted octanol–water partition coefficient (Wildman–Crippen LogP) is 8.39. The Labute approximate surface area is 238 Å². The summed E-state index contributed by atoms with van der Waals surface area (Å²) < 4.78 is 39.5. The fraction of sp³-hybridized carbons (Fsp3) is 0.125. The number of carboxylic acid groups (broad SMARTS) is 1. The summed E-state index contributed by atoms with van der Waals surface area (Å²) in [6.07, 6.45) is -4.63. The van der Waals surface area contributed by atoms with Gasteiger partial charge in [0.05, 0.1) is 47.7 Å². The molecule has 0 saturated heterocycles. The van der Waals surface area contributed by atoms with E-state index < -0.39 is 55.9 Å². The summed E-state index contributed by atoms with van der Waals surface area (Å²) in [5, 5.41) is 12.1. The van der Waals surface area contributed by atoms with Crippen molar-refractivity contribution < 1.29 is 32.7 Å². The number of aromatic carboxylic acids is 1. The smallest absolute Gasteiger partial charge is 0.418 e. The highest BCUT2D eigenvalue weighted by molar-refractivity contribution is 8.00. The van der Waals surface area contributed by atoms with E-state index in [1.54, 1.807) is 12.1 Å². The number of hydrogen-bond acceptors (Lipinski definition) is 4. The van der Waals surface area contributed by atoms with E-state index in [0.717, 1.165) is 17.8 Å². The van der Waals surface area contributed by atoms with Gasteiger partial charge in [-0.2, -0.15) is 13.2 Å². The molecular weight excluding hydrogens is 611 g/mol. The Hall–Kier alpha value is -2.63. The molecule has 0 bridgehead atoms. The van der Waals surface area contributed by atoms with Crippen LogP contribution in [0.1, 0.15) is 33.2 Å². The standard InChI is InChI=1S/C24H15Cl4F3N2O4S/c1-10(21(34)33-14-5-3-2-4-13(14)24(29,30)31)38-12-8-6-11(7-9-12)32-22(35)15-16(23(36)37)18(26)20(28)19(27)17(15)25/h2-10H,1H3,(H,32,35)(H,33,34)(H,36,37). The summed E-state index contributed by atoms with van der Waals surface area (Å²) >= 11 is 25.0. The molecule has 1 unspecified atom stereocenters. The first-order valence-corrected chi connectivity index (χ1v) is 12.8. The van der Waals surface area contributed by atoms with Gasteiger partial charge in [-0.05, 0) is 43.3 Å². The highest BCUT2D eigenvalue weighted by atomic mass is 35.5. The summed E-state index contributed by atoms with van der Waals surface area (Å²) in [5.41, 5.74) is -2.17. The van der Waals surface area contributed by atoms with E-state index >= 15 is 0 Å². The molecule has 2 amide bonds. The first kappa shape index (κ1) is 29.9. The number of carbonyl (C=O) groups is 3. The third-order valence-corrected chi connectivity index (χ3v) is 7.91. The lowest BCUT2D eigenvalue weighted by Crippen LogP contribution is -2.24. The normalized spacial score (nSPS) is 12.1. The van der Waals surface area contributed by atoms with Crippen molar-refractivity contribution in [3.05, 3.63) is 85.3 Å². The molecule has 38 heavy (non-hydrogen) atoms. The molecule has 0 spiro atoms. The van der Waals surface area contributed by atoms with Crippen LogP contribution in [0.4, 0.5) is 24.5 Å². The Kier molecular flexibility index (Phi) is 9.48. The maximum Gasteiger partial charge on any atom is 0.418 e. The van der Waals surface area contributed by atoms with Gasteiger partial charge in [0.2, 0.25) is 5.91 Å². The van der Waals surface area contributed by atoms with Crippen molar-refractivity contribution in [3.8, 4) is 0 Å². The van der Waals surface area contributed by atoms with Crippen LogP contribution in [-0.2, 0) is 11.0 Å². The van der Waals surface area contributed by atoms with Gasteiger partial charge in [0.1, 0.15) is 0 Å². The number of anilines is 2. The number of halogens is 7. The molecule has 200 valence electrons. The molecule has 1 atom stereocenters. The van der Waals surface area contributed by atoms with Crippen LogP contribution >= 0.6 is 58.2 Å². The maximum absolute atomic E-state index is 13.2. The number of nitrogens with one attached hydrogen (secondary N) is 2. The average Bonchev–Trinajstić information content (AvgIpc) is 2.85. The van der Waals surface area contributed by atoms with Crippen LogP contribution in [0.2, 0.25) is 20.1 Å². The number of benzene rings is 3. The van der Waals surface area contributed by atoms with Crippen molar-refractivity contribution >= 4 is 87.3 Å². The SMILES string of the molecule is CC(Sc1ccc(NC(=O)c2c(Cl)c(Cl)c(Cl)c(Cl)c2C(=O)O)cc1)C(=O)Nc1ccccc1C(F)(F)F. The lowest BCUT2D eigenvalue weighted by atomic mass is 10.1. The van der Waals surface area contributed by atoms with Gasteiger partial charge in [0.25, 0.3) is 5.91 Å². The molecule has 0 aliphatic rings. The average molecular weight is 626 g/mol. The predicted molar refractivity (Wildman–Crippen MR) is 143 cm³/mol. The second-order valence-corrected chi connectivity index (χ2v) is 10.5. The quantitative estimate of drug-likeness (QED) is 0.139. The summed E-state index contributed by atoms with van der Waals surface area (Å²) in [5.74, 6) is -3.10. The highest BCUT2D eigenvalue weighted by Gasteiger charge is 2.34. The molecule has 3 rings (SSSR count).